The number of aryl methyl sites for hydroxylation is 1. The highest BCUT2D eigenvalue weighted by Crippen LogP contribution is 2.24. The van der Waals surface area contributed by atoms with Gasteiger partial charge in [0.2, 0.25) is 0 Å². The van der Waals surface area contributed by atoms with Crippen LogP contribution in [0, 0.1) is 5.41 Å². The number of rotatable bonds is 5. The summed E-state index contributed by atoms with van der Waals surface area (Å²) in [6.07, 6.45) is 4.81. The van der Waals surface area contributed by atoms with Crippen LogP contribution in [0.3, 0.4) is 0 Å². The van der Waals surface area contributed by atoms with E-state index in [1.54, 1.807) is 0 Å². The average molecular weight is 209 g/mol. The van der Waals surface area contributed by atoms with Crippen LogP contribution in [0.5, 0.6) is 0 Å². The quantitative estimate of drug-likeness (QED) is 0.721. The second-order valence-electron chi connectivity index (χ2n) is 4.68. The lowest BCUT2D eigenvalue weighted by Crippen LogP contribution is -2.47. The maximum Gasteiger partial charge on any atom is 0.109 e. The second kappa shape index (κ2) is 4.33. The van der Waals surface area contributed by atoms with E-state index in [0.29, 0.717) is 5.41 Å². The van der Waals surface area contributed by atoms with Gasteiger partial charge in [0.15, 0.2) is 0 Å². The van der Waals surface area contributed by atoms with E-state index >= 15 is 0 Å². The summed E-state index contributed by atoms with van der Waals surface area (Å²) in [5, 5.41) is 3.46. The molecule has 1 aliphatic rings. The minimum Gasteiger partial charge on any atom is -0.380 e. The Morgan fingerprint density at radius 1 is 1.60 bits per heavy atom. The minimum absolute atomic E-state index is 0.363. The molecular weight excluding hydrogens is 190 g/mol. The molecule has 0 spiro atoms. The molecule has 0 aromatic carbocycles. The predicted octanol–water partition coefficient (Wildman–Crippen LogP) is 0.589. The van der Waals surface area contributed by atoms with Gasteiger partial charge in [-0.3, -0.25) is 0 Å². The smallest absolute Gasteiger partial charge is 0.109 e. The van der Waals surface area contributed by atoms with Crippen LogP contribution in [0.2, 0.25) is 0 Å². The van der Waals surface area contributed by atoms with Gasteiger partial charge in [0.05, 0.1) is 13.2 Å². The van der Waals surface area contributed by atoms with Crippen LogP contribution in [0.25, 0.3) is 0 Å². The number of hydrogen-bond acceptors (Lipinski definition) is 3. The van der Waals surface area contributed by atoms with Crippen molar-refractivity contribution >= 4 is 0 Å². The molecule has 15 heavy (non-hydrogen) atoms. The molecule has 0 bridgehead atoms. The molecule has 1 saturated heterocycles. The van der Waals surface area contributed by atoms with Crippen LogP contribution in [-0.2, 0) is 18.2 Å². The lowest BCUT2D eigenvalue weighted by atomic mass is 9.89. The van der Waals surface area contributed by atoms with Gasteiger partial charge in [0.1, 0.15) is 5.82 Å². The van der Waals surface area contributed by atoms with E-state index in [4.69, 9.17) is 4.74 Å². The third-order valence-electron chi connectivity index (χ3n) is 2.90. The molecule has 1 aromatic heterocycles. The Morgan fingerprint density at radius 3 is 2.93 bits per heavy atom. The summed E-state index contributed by atoms with van der Waals surface area (Å²) in [7, 11) is 2.03. The van der Waals surface area contributed by atoms with Crippen molar-refractivity contribution in [2.75, 3.05) is 26.3 Å². The average Bonchev–Trinajstić information content (AvgIpc) is 2.56. The van der Waals surface area contributed by atoms with Gasteiger partial charge in [-0.15, -0.1) is 0 Å². The van der Waals surface area contributed by atoms with Crippen molar-refractivity contribution in [3.63, 3.8) is 0 Å². The third-order valence-corrected chi connectivity index (χ3v) is 2.90. The van der Waals surface area contributed by atoms with Gasteiger partial charge in [-0.1, -0.05) is 6.92 Å². The normalized spacial score (nSPS) is 18.8. The second-order valence-corrected chi connectivity index (χ2v) is 4.68. The van der Waals surface area contributed by atoms with Crippen molar-refractivity contribution in [1.82, 2.24) is 14.9 Å². The molecule has 4 heteroatoms. The van der Waals surface area contributed by atoms with Gasteiger partial charge in [-0.05, 0) is 0 Å². The first-order valence-electron chi connectivity index (χ1n) is 5.44. The zero-order valence-electron chi connectivity index (χ0n) is 9.49. The summed E-state index contributed by atoms with van der Waals surface area (Å²) in [5.74, 6) is 1.14. The van der Waals surface area contributed by atoms with Gasteiger partial charge >= 0.3 is 0 Å². The molecule has 2 heterocycles. The van der Waals surface area contributed by atoms with Crippen LogP contribution >= 0.6 is 0 Å². The van der Waals surface area contributed by atoms with Crippen molar-refractivity contribution in [1.29, 1.82) is 0 Å². The zero-order valence-corrected chi connectivity index (χ0v) is 9.49. The Balaban J connectivity index is 1.65. The first-order chi connectivity index (χ1) is 7.20. The molecule has 1 N–H and O–H groups in total. The molecule has 0 unspecified atom stereocenters. The molecule has 1 aromatic rings. The molecule has 2 rings (SSSR count). The number of nitrogens with one attached hydrogen (secondary N) is 1. The first-order valence-corrected chi connectivity index (χ1v) is 5.44. The lowest BCUT2D eigenvalue weighted by Gasteiger charge is -2.38. The molecule has 1 fully saturated rings. The summed E-state index contributed by atoms with van der Waals surface area (Å²) in [6.45, 7) is 6.06. The van der Waals surface area contributed by atoms with Crippen LogP contribution in [0.15, 0.2) is 12.4 Å². The summed E-state index contributed by atoms with van der Waals surface area (Å²) < 4.78 is 7.27. The van der Waals surface area contributed by atoms with Gasteiger partial charge in [-0.25, -0.2) is 4.98 Å². The molecule has 0 aliphatic carbocycles. The Morgan fingerprint density at radius 2 is 2.40 bits per heavy atom. The number of nitrogens with zero attached hydrogens (tertiary/aromatic N) is 2. The SMILES string of the molecule is Cn1ccnc1CCNCC1(C)COC1. The van der Waals surface area contributed by atoms with Crippen molar-refractivity contribution in [3.05, 3.63) is 18.2 Å². The summed E-state index contributed by atoms with van der Waals surface area (Å²) >= 11 is 0. The van der Waals surface area contributed by atoms with Crippen molar-refractivity contribution in [3.8, 4) is 0 Å². The van der Waals surface area contributed by atoms with E-state index in [9.17, 15) is 0 Å². The number of hydrogen-bond donors (Lipinski definition) is 1. The van der Waals surface area contributed by atoms with E-state index < -0.39 is 0 Å². The number of aromatic nitrogens is 2. The first kappa shape index (κ1) is 10.6. The molecule has 84 valence electrons. The van der Waals surface area contributed by atoms with Crippen molar-refractivity contribution in [2.45, 2.75) is 13.3 Å². The van der Waals surface area contributed by atoms with Crippen molar-refractivity contribution in [2.24, 2.45) is 12.5 Å². The molecule has 0 amide bonds. The summed E-state index contributed by atoms with van der Waals surface area (Å²) in [6, 6.07) is 0. The molecule has 4 nitrogen and oxygen atoms in total. The molecule has 0 radical (unpaired) electrons. The highest BCUT2D eigenvalue weighted by molar-refractivity contribution is 4.92. The fraction of sp³-hybridized carbons (Fsp3) is 0.727. The van der Waals surface area contributed by atoms with Crippen LogP contribution in [-0.4, -0.2) is 35.9 Å². The van der Waals surface area contributed by atoms with Crippen molar-refractivity contribution < 1.29 is 4.74 Å². The van der Waals surface area contributed by atoms with E-state index in [2.05, 4.69) is 21.8 Å². The van der Waals surface area contributed by atoms with Gasteiger partial charge in [0, 0.05) is 44.4 Å². The fourth-order valence-electron chi connectivity index (χ4n) is 1.78. The standard InChI is InChI=1S/C11H19N3O/c1-11(8-15-9-11)7-12-4-3-10-13-5-6-14(10)2/h5-6,12H,3-4,7-9H2,1-2H3. The Kier molecular flexibility index (Phi) is 3.07. The molecule has 1 aliphatic heterocycles. The largest absolute Gasteiger partial charge is 0.380 e. The van der Waals surface area contributed by atoms with Crippen LogP contribution in [0.1, 0.15) is 12.7 Å². The number of ether oxygens (including phenoxy) is 1. The third kappa shape index (κ3) is 2.58. The van der Waals surface area contributed by atoms with E-state index in [1.165, 1.54) is 0 Å². The zero-order chi connectivity index (χ0) is 10.7. The fourth-order valence-corrected chi connectivity index (χ4v) is 1.78. The maximum atomic E-state index is 5.20. The Labute approximate surface area is 90.6 Å². The van der Waals surface area contributed by atoms with Gasteiger partial charge < -0.3 is 14.6 Å². The van der Waals surface area contributed by atoms with E-state index in [1.807, 2.05) is 19.4 Å². The Bertz CT molecular complexity index is 317. The summed E-state index contributed by atoms with van der Waals surface area (Å²) in [5.41, 5.74) is 0.363. The lowest BCUT2D eigenvalue weighted by molar-refractivity contribution is -0.0988. The minimum atomic E-state index is 0.363. The highest BCUT2D eigenvalue weighted by Gasteiger charge is 2.32. The Hall–Kier alpha value is -0.870. The molecular formula is C11H19N3O. The van der Waals surface area contributed by atoms with Crippen LogP contribution < -0.4 is 5.32 Å². The topological polar surface area (TPSA) is 39.1 Å². The van der Waals surface area contributed by atoms with Gasteiger partial charge in [0.25, 0.3) is 0 Å². The van der Waals surface area contributed by atoms with Crippen LogP contribution in [0.4, 0.5) is 0 Å². The van der Waals surface area contributed by atoms with Gasteiger partial charge in [-0.2, -0.15) is 0 Å². The molecule has 0 atom stereocenters. The predicted molar refractivity (Wildman–Crippen MR) is 58.7 cm³/mol. The van der Waals surface area contributed by atoms with E-state index in [-0.39, 0.29) is 0 Å². The molecule has 0 saturated carbocycles. The van der Waals surface area contributed by atoms with E-state index in [0.717, 1.165) is 38.5 Å². The monoisotopic (exact) mass is 209 g/mol. The number of imidazole rings is 1. The summed E-state index contributed by atoms with van der Waals surface area (Å²) in [4.78, 5) is 4.28. The maximum absolute atomic E-state index is 5.20. The highest BCUT2D eigenvalue weighted by atomic mass is 16.5.